The summed E-state index contributed by atoms with van der Waals surface area (Å²) in [5.41, 5.74) is 2.29. The fraction of sp³-hybridized carbons (Fsp3) is 0.206. The van der Waals surface area contributed by atoms with Gasteiger partial charge in [0.2, 0.25) is 5.91 Å². The largest absolute Gasteiger partial charge is 0.492 e. The average Bonchev–Trinajstić information content (AvgIpc) is 3.00. The van der Waals surface area contributed by atoms with Crippen molar-refractivity contribution < 1.29 is 28.6 Å². The number of hydrogen-bond acceptors (Lipinski definition) is 5. The molecule has 0 saturated heterocycles. The number of ketones is 1. The molecule has 4 rings (SSSR count). The summed E-state index contributed by atoms with van der Waals surface area (Å²) in [4.78, 5) is 39.3. The Morgan fingerprint density at radius 2 is 1.50 bits per heavy atom. The Balaban J connectivity index is 1.40. The van der Waals surface area contributed by atoms with Crippen LogP contribution in [-0.4, -0.2) is 42.0 Å². The minimum atomic E-state index is -1.06. The molecule has 4 aromatic carbocycles. The molecule has 0 bridgehead atoms. The molecule has 7 nitrogen and oxygen atoms in total. The van der Waals surface area contributed by atoms with Crippen molar-refractivity contribution >= 4 is 29.0 Å². The van der Waals surface area contributed by atoms with Gasteiger partial charge in [0, 0.05) is 29.2 Å². The van der Waals surface area contributed by atoms with Gasteiger partial charge < -0.3 is 20.1 Å². The first-order valence-electron chi connectivity index (χ1n) is 13.7. The lowest BCUT2D eigenvalue weighted by Gasteiger charge is -2.25. The van der Waals surface area contributed by atoms with E-state index in [1.165, 1.54) is 11.0 Å². The smallest absolute Gasteiger partial charge is 0.326 e. The predicted molar refractivity (Wildman–Crippen MR) is 161 cm³/mol. The van der Waals surface area contributed by atoms with Crippen LogP contribution in [0.1, 0.15) is 35.3 Å². The standard InChI is InChI=1S/C34H33FN2O5/c1-23(2)33(39)37(31-15-9-7-13-28(31)35)20-21-42-26-18-16-24(17-19-26)22-30(34(40)41)36-29-14-8-6-12-27(29)32(38)25-10-4-3-5-11-25/h3-19,23,30,36H,20-22H2,1-2H3,(H,40,41)/t30-/m0/s1. The van der Waals surface area contributed by atoms with E-state index in [1.54, 1.807) is 105 Å². The molecular formula is C34H33FN2O5. The molecule has 0 heterocycles. The van der Waals surface area contributed by atoms with Crippen molar-refractivity contribution in [2.24, 2.45) is 5.92 Å². The first kappa shape index (κ1) is 30.0. The van der Waals surface area contributed by atoms with Gasteiger partial charge >= 0.3 is 5.97 Å². The second kappa shape index (κ2) is 14.1. The molecule has 0 saturated carbocycles. The van der Waals surface area contributed by atoms with E-state index in [9.17, 15) is 23.9 Å². The quantitative estimate of drug-likeness (QED) is 0.186. The van der Waals surface area contributed by atoms with Crippen molar-refractivity contribution in [3.63, 3.8) is 0 Å². The van der Waals surface area contributed by atoms with E-state index in [0.29, 0.717) is 22.6 Å². The number of amides is 1. The minimum Gasteiger partial charge on any atom is -0.492 e. The maximum atomic E-state index is 14.4. The SMILES string of the molecule is CC(C)C(=O)N(CCOc1ccc(C[C@H](Nc2ccccc2C(=O)c2ccccc2)C(=O)O)cc1)c1ccccc1F. The van der Waals surface area contributed by atoms with Gasteiger partial charge in [0.25, 0.3) is 0 Å². The third-order valence-corrected chi connectivity index (χ3v) is 6.69. The maximum absolute atomic E-state index is 14.4. The fourth-order valence-electron chi connectivity index (χ4n) is 4.48. The van der Waals surface area contributed by atoms with E-state index in [1.807, 2.05) is 6.07 Å². The number of carbonyl (C=O) groups excluding carboxylic acids is 2. The molecular weight excluding hydrogens is 535 g/mol. The number of hydrogen-bond donors (Lipinski definition) is 2. The molecule has 4 aromatic rings. The van der Waals surface area contributed by atoms with Gasteiger partial charge in [0.05, 0.1) is 12.2 Å². The lowest BCUT2D eigenvalue weighted by Crippen LogP contribution is -2.38. The van der Waals surface area contributed by atoms with E-state index in [-0.39, 0.29) is 42.9 Å². The molecule has 2 N–H and O–H groups in total. The van der Waals surface area contributed by atoms with E-state index in [0.717, 1.165) is 5.56 Å². The first-order chi connectivity index (χ1) is 20.2. The monoisotopic (exact) mass is 568 g/mol. The van der Waals surface area contributed by atoms with Gasteiger partial charge in [0.1, 0.15) is 24.2 Å². The van der Waals surface area contributed by atoms with Gasteiger partial charge in [-0.05, 0) is 42.0 Å². The summed E-state index contributed by atoms with van der Waals surface area (Å²) < 4.78 is 20.2. The van der Waals surface area contributed by atoms with Crippen LogP contribution in [0.3, 0.4) is 0 Å². The van der Waals surface area contributed by atoms with Crippen LogP contribution in [0.15, 0.2) is 103 Å². The van der Waals surface area contributed by atoms with Crippen molar-refractivity contribution in [1.29, 1.82) is 0 Å². The van der Waals surface area contributed by atoms with E-state index >= 15 is 0 Å². The Hall–Kier alpha value is -4.98. The van der Waals surface area contributed by atoms with Crippen molar-refractivity contribution in [1.82, 2.24) is 0 Å². The van der Waals surface area contributed by atoms with Crippen LogP contribution < -0.4 is 15.0 Å². The lowest BCUT2D eigenvalue weighted by molar-refractivity contribution is -0.137. The zero-order valence-electron chi connectivity index (χ0n) is 23.5. The molecule has 216 valence electrons. The van der Waals surface area contributed by atoms with Gasteiger partial charge in [-0.15, -0.1) is 0 Å². The molecule has 0 aliphatic rings. The summed E-state index contributed by atoms with van der Waals surface area (Å²) >= 11 is 0. The highest BCUT2D eigenvalue weighted by atomic mass is 19.1. The highest BCUT2D eigenvalue weighted by molar-refractivity contribution is 6.12. The van der Waals surface area contributed by atoms with Gasteiger partial charge in [-0.25, -0.2) is 9.18 Å². The van der Waals surface area contributed by atoms with Crippen LogP contribution >= 0.6 is 0 Å². The molecule has 8 heteroatoms. The Labute approximate surface area is 244 Å². The van der Waals surface area contributed by atoms with Crippen LogP contribution in [0, 0.1) is 11.7 Å². The molecule has 0 spiro atoms. The molecule has 1 atom stereocenters. The van der Waals surface area contributed by atoms with Crippen molar-refractivity contribution in [3.05, 3.63) is 126 Å². The number of carboxylic acid groups (broad SMARTS) is 1. The lowest BCUT2D eigenvalue weighted by atomic mass is 10.00. The summed E-state index contributed by atoms with van der Waals surface area (Å²) in [6.45, 7) is 3.81. The number of nitrogens with one attached hydrogen (secondary N) is 1. The van der Waals surface area contributed by atoms with Gasteiger partial charge in [0.15, 0.2) is 5.78 Å². The number of para-hydroxylation sites is 2. The summed E-state index contributed by atoms with van der Waals surface area (Å²) in [7, 11) is 0. The number of carbonyl (C=O) groups is 3. The zero-order valence-corrected chi connectivity index (χ0v) is 23.5. The maximum Gasteiger partial charge on any atom is 0.326 e. The normalized spacial score (nSPS) is 11.5. The van der Waals surface area contributed by atoms with Crippen LogP contribution in [0.25, 0.3) is 0 Å². The number of ether oxygens (including phenoxy) is 1. The van der Waals surface area contributed by atoms with Gasteiger partial charge in [-0.3, -0.25) is 9.59 Å². The first-order valence-corrected chi connectivity index (χ1v) is 13.7. The Bertz CT molecular complexity index is 1520. The number of anilines is 2. The molecule has 1 amide bonds. The number of carboxylic acids is 1. The molecule has 0 aliphatic carbocycles. The van der Waals surface area contributed by atoms with Crippen molar-refractivity contribution in [2.75, 3.05) is 23.4 Å². The topological polar surface area (TPSA) is 95.9 Å². The molecule has 0 fully saturated rings. The summed E-state index contributed by atoms with van der Waals surface area (Å²) in [5.74, 6) is -1.73. The highest BCUT2D eigenvalue weighted by Crippen LogP contribution is 2.23. The van der Waals surface area contributed by atoms with Crippen molar-refractivity contribution in [3.8, 4) is 5.75 Å². The molecule has 0 unspecified atom stereocenters. The second-order valence-electron chi connectivity index (χ2n) is 10.1. The Kier molecular flexibility index (Phi) is 10.1. The highest BCUT2D eigenvalue weighted by Gasteiger charge is 2.23. The van der Waals surface area contributed by atoms with Gasteiger partial charge in [-0.1, -0.05) is 80.6 Å². The molecule has 42 heavy (non-hydrogen) atoms. The van der Waals surface area contributed by atoms with E-state index in [2.05, 4.69) is 5.32 Å². The Morgan fingerprint density at radius 3 is 2.17 bits per heavy atom. The van der Waals surface area contributed by atoms with Crippen LogP contribution in [0.5, 0.6) is 5.75 Å². The number of benzene rings is 4. The number of aliphatic carboxylic acids is 1. The van der Waals surface area contributed by atoms with E-state index in [4.69, 9.17) is 4.74 Å². The molecule has 0 aromatic heterocycles. The average molecular weight is 569 g/mol. The Morgan fingerprint density at radius 1 is 0.857 bits per heavy atom. The zero-order chi connectivity index (χ0) is 30.1. The van der Waals surface area contributed by atoms with Crippen LogP contribution in [-0.2, 0) is 16.0 Å². The second-order valence-corrected chi connectivity index (χ2v) is 10.1. The predicted octanol–water partition coefficient (Wildman–Crippen LogP) is 6.23. The number of halogens is 1. The summed E-state index contributed by atoms with van der Waals surface area (Å²) in [6.07, 6.45) is 0.160. The van der Waals surface area contributed by atoms with Crippen LogP contribution in [0.4, 0.5) is 15.8 Å². The third-order valence-electron chi connectivity index (χ3n) is 6.69. The van der Waals surface area contributed by atoms with E-state index < -0.39 is 17.8 Å². The third kappa shape index (κ3) is 7.60. The molecule has 0 radical (unpaired) electrons. The minimum absolute atomic E-state index is 0.137. The van der Waals surface area contributed by atoms with Crippen molar-refractivity contribution in [2.45, 2.75) is 26.3 Å². The summed E-state index contributed by atoms with van der Waals surface area (Å²) in [6, 6.07) is 27.8. The van der Waals surface area contributed by atoms with Gasteiger partial charge in [-0.2, -0.15) is 0 Å². The number of rotatable bonds is 13. The summed E-state index contributed by atoms with van der Waals surface area (Å²) in [5, 5.41) is 13.0. The fourth-order valence-corrected chi connectivity index (χ4v) is 4.48. The van der Waals surface area contributed by atoms with Crippen LogP contribution in [0.2, 0.25) is 0 Å². The number of nitrogens with zero attached hydrogens (tertiary/aromatic N) is 1. The molecule has 0 aliphatic heterocycles.